The maximum Gasteiger partial charge on any atom is 0.373 e. The number of benzene rings is 1. The minimum atomic E-state index is -1.28. The first-order chi connectivity index (χ1) is 15.6. The number of esters is 1. The summed E-state index contributed by atoms with van der Waals surface area (Å²) in [5, 5.41) is 22.5. The number of nitrogens with zero attached hydrogens (tertiary/aromatic N) is 2. The molecule has 13 heteroatoms. The van der Waals surface area contributed by atoms with Gasteiger partial charge in [-0.25, -0.2) is 14.4 Å². The average molecular weight is 459 g/mol. The number of ether oxygens (including phenoxy) is 2. The van der Waals surface area contributed by atoms with Crippen LogP contribution in [0.2, 0.25) is 0 Å². The molecule has 0 spiro atoms. The van der Waals surface area contributed by atoms with Crippen LogP contribution >= 0.6 is 0 Å². The van der Waals surface area contributed by atoms with Crippen LogP contribution in [0.5, 0.6) is 5.75 Å². The number of rotatable bonds is 8. The van der Waals surface area contributed by atoms with E-state index in [9.17, 15) is 29.3 Å². The second kappa shape index (κ2) is 9.21. The van der Waals surface area contributed by atoms with Crippen molar-refractivity contribution in [2.75, 3.05) is 7.11 Å². The number of amides is 3. The Hall–Kier alpha value is -4.68. The number of carbonyl (C=O) groups is 4. The summed E-state index contributed by atoms with van der Waals surface area (Å²) in [5.41, 5.74) is -0.557. The highest BCUT2D eigenvalue weighted by atomic mass is 16.6. The van der Waals surface area contributed by atoms with Gasteiger partial charge in [-0.05, 0) is 31.2 Å². The molecule has 33 heavy (non-hydrogen) atoms. The van der Waals surface area contributed by atoms with Crippen molar-refractivity contribution in [2.45, 2.75) is 19.6 Å². The van der Waals surface area contributed by atoms with Crippen LogP contribution in [0.3, 0.4) is 0 Å². The first-order valence-electron chi connectivity index (χ1n) is 9.30. The van der Waals surface area contributed by atoms with Gasteiger partial charge >= 0.3 is 18.0 Å². The number of non-ortho nitro benzene ring substituents is 1. The fourth-order valence-electron chi connectivity index (χ4n) is 2.81. The number of carboxylic acids is 1. The second-order valence-corrected chi connectivity index (χ2v) is 6.71. The number of methoxy groups -OCH3 is 1. The Morgan fingerprint density at radius 2 is 2.03 bits per heavy atom. The Morgan fingerprint density at radius 1 is 1.30 bits per heavy atom. The zero-order valence-corrected chi connectivity index (χ0v) is 17.3. The lowest BCUT2D eigenvalue weighted by atomic mass is 10.1. The highest BCUT2D eigenvalue weighted by Crippen LogP contribution is 2.28. The fourth-order valence-corrected chi connectivity index (χ4v) is 2.81. The lowest BCUT2D eigenvalue weighted by Crippen LogP contribution is -2.30. The molecule has 1 aliphatic rings. The van der Waals surface area contributed by atoms with E-state index in [1.807, 2.05) is 0 Å². The number of urea groups is 1. The van der Waals surface area contributed by atoms with Crippen molar-refractivity contribution < 1.29 is 43.1 Å². The topological polar surface area (TPSA) is 179 Å². The molecule has 0 saturated carbocycles. The first-order valence-corrected chi connectivity index (χ1v) is 9.30. The van der Waals surface area contributed by atoms with E-state index >= 15 is 0 Å². The van der Waals surface area contributed by atoms with Gasteiger partial charge in [0.1, 0.15) is 17.2 Å². The van der Waals surface area contributed by atoms with Gasteiger partial charge in [-0.15, -0.1) is 0 Å². The molecular formula is C20H17N3O10. The smallest absolute Gasteiger partial charge is 0.373 e. The quantitative estimate of drug-likeness (QED) is 0.195. The van der Waals surface area contributed by atoms with Crippen LogP contribution in [0.25, 0.3) is 6.08 Å². The maximum atomic E-state index is 12.8. The third-order valence-corrected chi connectivity index (χ3v) is 4.48. The van der Waals surface area contributed by atoms with Crippen molar-refractivity contribution in [1.29, 1.82) is 0 Å². The van der Waals surface area contributed by atoms with Crippen LogP contribution in [-0.4, -0.2) is 52.0 Å². The summed E-state index contributed by atoms with van der Waals surface area (Å²) >= 11 is 0. The lowest BCUT2D eigenvalue weighted by molar-refractivity contribution is -0.384. The summed E-state index contributed by atoms with van der Waals surface area (Å²) in [4.78, 5) is 58.9. The van der Waals surface area contributed by atoms with Gasteiger partial charge < -0.3 is 24.3 Å². The van der Waals surface area contributed by atoms with Gasteiger partial charge in [0.2, 0.25) is 5.76 Å². The third kappa shape index (κ3) is 4.98. The summed E-state index contributed by atoms with van der Waals surface area (Å²) in [6.45, 7) is 0.962. The minimum absolute atomic E-state index is 0.00813. The van der Waals surface area contributed by atoms with E-state index in [1.54, 1.807) is 0 Å². The van der Waals surface area contributed by atoms with Crippen molar-refractivity contribution in [2.24, 2.45) is 0 Å². The minimum Gasteiger partial charge on any atom is -0.479 e. The highest BCUT2D eigenvalue weighted by Gasteiger charge is 2.35. The van der Waals surface area contributed by atoms with Gasteiger partial charge in [-0.1, -0.05) is 0 Å². The van der Waals surface area contributed by atoms with E-state index in [0.29, 0.717) is 0 Å². The number of nitro benzene ring substituents is 1. The number of carboxylic acid groups (broad SMARTS) is 1. The zero-order chi connectivity index (χ0) is 24.3. The van der Waals surface area contributed by atoms with Crippen LogP contribution in [-0.2, 0) is 20.9 Å². The molecule has 1 aromatic heterocycles. The monoisotopic (exact) mass is 459 g/mol. The number of furan rings is 1. The second-order valence-electron chi connectivity index (χ2n) is 6.71. The summed E-state index contributed by atoms with van der Waals surface area (Å²) in [6.07, 6.45) is -0.143. The largest absolute Gasteiger partial charge is 0.479 e. The molecule has 172 valence electrons. The molecule has 0 aliphatic carbocycles. The highest BCUT2D eigenvalue weighted by molar-refractivity contribution is 6.14. The van der Waals surface area contributed by atoms with Gasteiger partial charge in [0, 0.05) is 17.7 Å². The van der Waals surface area contributed by atoms with Gasteiger partial charge in [0.05, 0.1) is 18.6 Å². The van der Waals surface area contributed by atoms with Gasteiger partial charge in [-0.2, -0.15) is 0 Å². The van der Waals surface area contributed by atoms with Crippen molar-refractivity contribution >= 4 is 35.6 Å². The normalized spacial score (nSPS) is 15.3. The Morgan fingerprint density at radius 3 is 2.67 bits per heavy atom. The van der Waals surface area contributed by atoms with E-state index in [0.717, 1.165) is 23.1 Å². The molecular weight excluding hydrogens is 442 g/mol. The first kappa shape index (κ1) is 23.0. The van der Waals surface area contributed by atoms with E-state index in [2.05, 4.69) is 10.1 Å². The third-order valence-electron chi connectivity index (χ3n) is 4.48. The Kier molecular flexibility index (Phi) is 6.42. The van der Waals surface area contributed by atoms with Gasteiger partial charge in [0.15, 0.2) is 6.10 Å². The average Bonchev–Trinajstić information content (AvgIpc) is 3.34. The van der Waals surface area contributed by atoms with Crippen molar-refractivity contribution in [3.05, 3.63) is 63.2 Å². The van der Waals surface area contributed by atoms with Gasteiger partial charge in [-0.3, -0.25) is 19.8 Å². The SMILES string of the molecule is COC(=O)c1ccc(CN2C(=O)NC(=Cc3cc([N+](=O)[O-])ccc3OC(C)C(=O)O)C2=O)o1. The molecule has 1 unspecified atom stereocenters. The van der Waals surface area contributed by atoms with E-state index < -0.39 is 34.9 Å². The zero-order valence-electron chi connectivity index (χ0n) is 17.3. The molecule has 1 aromatic carbocycles. The predicted octanol–water partition coefficient (Wildman–Crippen LogP) is 1.92. The van der Waals surface area contributed by atoms with Crippen LogP contribution in [0.1, 0.15) is 28.8 Å². The standard InChI is InChI=1S/C20H17N3O10/c1-10(18(25)26)32-15-5-3-12(23(29)30)7-11(15)8-14-17(24)22(20(28)21-14)9-13-4-6-16(33-13)19(27)31-2/h3-8,10H,9H2,1-2H3,(H,21,28)(H,25,26). The molecule has 0 radical (unpaired) electrons. The van der Waals surface area contributed by atoms with Crippen LogP contribution < -0.4 is 10.1 Å². The lowest BCUT2D eigenvalue weighted by Gasteiger charge is -2.13. The number of carbonyl (C=O) groups excluding carboxylic acids is 3. The molecule has 13 nitrogen and oxygen atoms in total. The number of hydrogen-bond acceptors (Lipinski definition) is 9. The summed E-state index contributed by atoms with van der Waals surface area (Å²) in [5.74, 6) is -2.80. The molecule has 1 aliphatic heterocycles. The van der Waals surface area contributed by atoms with Gasteiger partial charge in [0.25, 0.3) is 11.6 Å². The molecule has 2 heterocycles. The fraction of sp³-hybridized carbons (Fsp3) is 0.200. The molecule has 2 aromatic rings. The molecule has 1 fully saturated rings. The summed E-state index contributed by atoms with van der Waals surface area (Å²) < 4.78 is 15.1. The number of nitrogens with one attached hydrogen (secondary N) is 1. The van der Waals surface area contributed by atoms with Crippen molar-refractivity contribution in [1.82, 2.24) is 10.2 Å². The van der Waals surface area contributed by atoms with Crippen molar-refractivity contribution in [3.8, 4) is 5.75 Å². The molecule has 1 atom stereocenters. The summed E-state index contributed by atoms with van der Waals surface area (Å²) in [7, 11) is 1.17. The van der Waals surface area contributed by atoms with E-state index in [4.69, 9.17) is 14.3 Å². The molecule has 2 N–H and O–H groups in total. The molecule has 3 rings (SSSR count). The van der Waals surface area contributed by atoms with Crippen LogP contribution in [0.15, 0.2) is 40.4 Å². The van der Waals surface area contributed by atoms with Crippen LogP contribution in [0.4, 0.5) is 10.5 Å². The Labute approximate surface area is 185 Å². The Balaban J connectivity index is 1.89. The molecule has 0 bridgehead atoms. The number of imide groups is 1. The maximum absolute atomic E-state index is 12.8. The number of aliphatic carboxylic acids is 1. The molecule has 3 amide bonds. The molecule has 1 saturated heterocycles. The van der Waals surface area contributed by atoms with Crippen LogP contribution in [0, 0.1) is 10.1 Å². The van der Waals surface area contributed by atoms with E-state index in [1.165, 1.54) is 32.2 Å². The Bertz CT molecular complexity index is 1180. The number of nitro groups is 1. The predicted molar refractivity (Wildman–Crippen MR) is 108 cm³/mol. The van der Waals surface area contributed by atoms with Crippen molar-refractivity contribution in [3.63, 3.8) is 0 Å². The van der Waals surface area contributed by atoms with E-state index in [-0.39, 0.29) is 40.8 Å². The number of hydrogen-bond donors (Lipinski definition) is 2. The summed E-state index contributed by atoms with van der Waals surface area (Å²) in [6, 6.07) is 5.31.